The Hall–Kier alpha value is -2.00. The topological polar surface area (TPSA) is 38.3 Å². The lowest BCUT2D eigenvalue weighted by Crippen LogP contribution is -2.30. The highest BCUT2D eigenvalue weighted by molar-refractivity contribution is 6.32. The van der Waals surface area contributed by atoms with E-state index in [4.69, 9.17) is 16.3 Å². The van der Waals surface area contributed by atoms with Crippen LogP contribution in [0.15, 0.2) is 42.5 Å². The molecule has 1 aliphatic rings. The number of benzene rings is 2. The van der Waals surface area contributed by atoms with Crippen molar-refractivity contribution in [3.05, 3.63) is 64.2 Å². The van der Waals surface area contributed by atoms with Crippen LogP contribution in [0.2, 0.25) is 5.02 Å². The Kier molecular flexibility index (Phi) is 4.87. The molecule has 1 N–H and O–H groups in total. The fraction of sp³-hybridized carbons (Fsp3) is 0.316. The third-order valence-corrected chi connectivity index (χ3v) is 4.46. The van der Waals surface area contributed by atoms with Gasteiger partial charge in [-0.3, -0.25) is 4.79 Å². The molecule has 0 aliphatic heterocycles. The molecular weight excluding hydrogens is 310 g/mol. The fourth-order valence-corrected chi connectivity index (χ4v) is 3.30. The van der Waals surface area contributed by atoms with E-state index in [1.807, 2.05) is 13.0 Å². The zero-order chi connectivity index (χ0) is 16.2. The van der Waals surface area contributed by atoms with E-state index < -0.39 is 0 Å². The highest BCUT2D eigenvalue weighted by atomic mass is 35.5. The van der Waals surface area contributed by atoms with Gasteiger partial charge in [0.05, 0.1) is 17.7 Å². The molecule has 1 atom stereocenters. The van der Waals surface area contributed by atoms with Gasteiger partial charge >= 0.3 is 0 Å². The van der Waals surface area contributed by atoms with Gasteiger partial charge in [-0.1, -0.05) is 35.9 Å². The lowest BCUT2D eigenvalue weighted by Gasteiger charge is -2.26. The molecule has 0 bridgehead atoms. The maximum Gasteiger partial charge on any atom is 0.251 e. The van der Waals surface area contributed by atoms with Crippen molar-refractivity contribution in [3.63, 3.8) is 0 Å². The first-order chi connectivity index (χ1) is 11.2. The van der Waals surface area contributed by atoms with Crippen molar-refractivity contribution in [1.82, 2.24) is 5.32 Å². The predicted octanol–water partition coefficient (Wildman–Crippen LogP) is 4.55. The summed E-state index contributed by atoms with van der Waals surface area (Å²) < 4.78 is 5.40. The number of hydrogen-bond donors (Lipinski definition) is 1. The third kappa shape index (κ3) is 3.50. The second-order valence-electron chi connectivity index (χ2n) is 5.70. The zero-order valence-electron chi connectivity index (χ0n) is 13.1. The van der Waals surface area contributed by atoms with Gasteiger partial charge in [0.1, 0.15) is 5.75 Å². The summed E-state index contributed by atoms with van der Waals surface area (Å²) in [6, 6.07) is 13.5. The van der Waals surface area contributed by atoms with Crippen LogP contribution in [0.4, 0.5) is 0 Å². The summed E-state index contributed by atoms with van der Waals surface area (Å²) in [6.45, 7) is 2.45. The molecule has 0 heterocycles. The number of carbonyl (C=O) groups excluding carboxylic acids is 1. The first-order valence-electron chi connectivity index (χ1n) is 8.00. The lowest BCUT2D eigenvalue weighted by molar-refractivity contribution is 0.0932. The Morgan fingerprint density at radius 3 is 2.91 bits per heavy atom. The molecule has 1 unspecified atom stereocenters. The molecule has 2 aromatic carbocycles. The third-order valence-electron chi connectivity index (χ3n) is 4.17. The fourth-order valence-electron chi connectivity index (χ4n) is 3.06. The van der Waals surface area contributed by atoms with E-state index in [-0.39, 0.29) is 11.9 Å². The average molecular weight is 330 g/mol. The number of carbonyl (C=O) groups is 1. The van der Waals surface area contributed by atoms with Gasteiger partial charge < -0.3 is 10.1 Å². The van der Waals surface area contributed by atoms with Crippen molar-refractivity contribution in [2.45, 2.75) is 32.2 Å². The molecule has 0 radical (unpaired) electrons. The molecule has 0 spiro atoms. The SMILES string of the molecule is CCOc1ccc(C(=O)NC2CCCc3ccccc32)cc1Cl. The van der Waals surface area contributed by atoms with E-state index in [1.54, 1.807) is 18.2 Å². The van der Waals surface area contributed by atoms with Gasteiger partial charge in [-0.2, -0.15) is 0 Å². The monoisotopic (exact) mass is 329 g/mol. The second-order valence-corrected chi connectivity index (χ2v) is 6.10. The summed E-state index contributed by atoms with van der Waals surface area (Å²) in [5.74, 6) is 0.505. The van der Waals surface area contributed by atoms with E-state index in [1.165, 1.54) is 11.1 Å². The highest BCUT2D eigenvalue weighted by Crippen LogP contribution is 2.30. The normalized spacial score (nSPS) is 16.5. The minimum atomic E-state index is -0.100. The molecule has 3 rings (SSSR count). The van der Waals surface area contributed by atoms with Crippen LogP contribution in [0.5, 0.6) is 5.75 Å². The van der Waals surface area contributed by atoms with Crippen LogP contribution in [0.25, 0.3) is 0 Å². The summed E-state index contributed by atoms with van der Waals surface area (Å²) in [6.07, 6.45) is 3.14. The molecule has 3 nitrogen and oxygen atoms in total. The number of rotatable bonds is 4. The lowest BCUT2D eigenvalue weighted by atomic mass is 9.87. The van der Waals surface area contributed by atoms with Gasteiger partial charge in [-0.15, -0.1) is 0 Å². The molecule has 0 saturated heterocycles. The number of halogens is 1. The predicted molar refractivity (Wildman–Crippen MR) is 92.2 cm³/mol. The van der Waals surface area contributed by atoms with Gasteiger partial charge in [0.15, 0.2) is 0 Å². The quantitative estimate of drug-likeness (QED) is 0.893. The molecule has 0 aromatic heterocycles. The Balaban J connectivity index is 1.76. The molecule has 120 valence electrons. The summed E-state index contributed by atoms with van der Waals surface area (Å²) in [7, 11) is 0. The average Bonchev–Trinajstić information content (AvgIpc) is 2.57. The minimum absolute atomic E-state index is 0.0674. The van der Waals surface area contributed by atoms with Gasteiger partial charge in [0.25, 0.3) is 5.91 Å². The van der Waals surface area contributed by atoms with Crippen molar-refractivity contribution in [2.24, 2.45) is 0 Å². The largest absolute Gasteiger partial charge is 0.492 e. The van der Waals surface area contributed by atoms with Crippen molar-refractivity contribution < 1.29 is 9.53 Å². The number of aryl methyl sites for hydroxylation is 1. The van der Waals surface area contributed by atoms with E-state index >= 15 is 0 Å². The maximum atomic E-state index is 12.5. The van der Waals surface area contributed by atoms with Gasteiger partial charge in [-0.25, -0.2) is 0 Å². The smallest absolute Gasteiger partial charge is 0.251 e. The number of hydrogen-bond acceptors (Lipinski definition) is 2. The first kappa shape index (κ1) is 15.9. The van der Waals surface area contributed by atoms with E-state index in [9.17, 15) is 4.79 Å². The molecule has 23 heavy (non-hydrogen) atoms. The summed E-state index contributed by atoms with van der Waals surface area (Å²) in [5, 5.41) is 3.59. The van der Waals surface area contributed by atoms with Crippen molar-refractivity contribution in [3.8, 4) is 5.75 Å². The van der Waals surface area contributed by atoms with E-state index in [0.29, 0.717) is 22.9 Å². The number of fused-ring (bicyclic) bond motifs is 1. The van der Waals surface area contributed by atoms with Crippen LogP contribution in [0, 0.1) is 0 Å². The van der Waals surface area contributed by atoms with Gasteiger partial charge in [0, 0.05) is 5.56 Å². The molecular formula is C19H20ClNO2. The first-order valence-corrected chi connectivity index (χ1v) is 8.38. The molecule has 0 fully saturated rings. The molecule has 4 heteroatoms. The van der Waals surface area contributed by atoms with Crippen molar-refractivity contribution in [1.29, 1.82) is 0 Å². The second kappa shape index (κ2) is 7.05. The van der Waals surface area contributed by atoms with Gasteiger partial charge in [0.2, 0.25) is 0 Å². The molecule has 0 saturated carbocycles. The minimum Gasteiger partial charge on any atom is -0.492 e. The van der Waals surface area contributed by atoms with Crippen LogP contribution >= 0.6 is 11.6 Å². The van der Waals surface area contributed by atoms with Crippen molar-refractivity contribution in [2.75, 3.05) is 6.61 Å². The number of amides is 1. The summed E-state index contributed by atoms with van der Waals surface area (Å²) in [5.41, 5.74) is 3.11. The van der Waals surface area contributed by atoms with Crippen LogP contribution in [0.1, 0.15) is 47.3 Å². The van der Waals surface area contributed by atoms with Crippen LogP contribution in [-0.4, -0.2) is 12.5 Å². The van der Waals surface area contributed by atoms with Crippen LogP contribution in [0.3, 0.4) is 0 Å². The van der Waals surface area contributed by atoms with Gasteiger partial charge in [-0.05, 0) is 55.5 Å². The van der Waals surface area contributed by atoms with Crippen LogP contribution in [-0.2, 0) is 6.42 Å². The molecule has 1 amide bonds. The Morgan fingerprint density at radius 1 is 1.30 bits per heavy atom. The molecule has 1 aliphatic carbocycles. The Bertz CT molecular complexity index is 714. The summed E-state index contributed by atoms with van der Waals surface area (Å²) >= 11 is 6.17. The number of ether oxygens (including phenoxy) is 1. The maximum absolute atomic E-state index is 12.5. The Labute approximate surface area is 141 Å². The van der Waals surface area contributed by atoms with E-state index in [2.05, 4.69) is 23.5 Å². The zero-order valence-corrected chi connectivity index (χ0v) is 13.9. The van der Waals surface area contributed by atoms with Crippen LogP contribution < -0.4 is 10.1 Å². The standard InChI is InChI=1S/C19H20ClNO2/c1-2-23-18-11-10-14(12-16(18)20)19(22)21-17-9-5-7-13-6-3-4-8-15(13)17/h3-4,6,8,10-12,17H,2,5,7,9H2,1H3,(H,21,22). The summed E-state index contributed by atoms with van der Waals surface area (Å²) in [4.78, 5) is 12.5. The highest BCUT2D eigenvalue weighted by Gasteiger charge is 2.22. The van der Waals surface area contributed by atoms with Crippen molar-refractivity contribution >= 4 is 17.5 Å². The van der Waals surface area contributed by atoms with E-state index in [0.717, 1.165) is 19.3 Å². The number of nitrogens with one attached hydrogen (secondary N) is 1. The Morgan fingerprint density at radius 2 is 2.13 bits per heavy atom. The molecule has 2 aromatic rings.